The number of ether oxygens (including phenoxy) is 1. The molecule has 0 bridgehead atoms. The molecular weight excluding hydrogens is 378 g/mol. The van der Waals surface area contributed by atoms with Crippen LogP contribution in [0.1, 0.15) is 22.8 Å². The van der Waals surface area contributed by atoms with Crippen molar-refractivity contribution in [2.75, 3.05) is 23.0 Å². The fraction of sp³-hybridized carbons (Fsp3) is 0.150. The van der Waals surface area contributed by atoms with Gasteiger partial charge in [-0.25, -0.2) is 14.8 Å². The molecule has 0 aliphatic heterocycles. The molecule has 0 amide bonds. The lowest BCUT2D eigenvalue weighted by atomic mass is 10.2. The highest BCUT2D eigenvalue weighted by atomic mass is 35.5. The summed E-state index contributed by atoms with van der Waals surface area (Å²) < 4.78 is 5.02. The quantitative estimate of drug-likeness (QED) is 0.512. The number of nitrogens with two attached hydrogens (primary N) is 1. The van der Waals surface area contributed by atoms with Crippen LogP contribution in [-0.2, 0) is 11.3 Å². The number of benzene rings is 2. The Balaban J connectivity index is 1.75. The van der Waals surface area contributed by atoms with E-state index in [0.29, 0.717) is 46.7 Å². The summed E-state index contributed by atoms with van der Waals surface area (Å²) in [6.07, 6.45) is 1.41. The van der Waals surface area contributed by atoms with Crippen LogP contribution >= 0.6 is 11.6 Å². The second kappa shape index (κ2) is 9.05. The lowest BCUT2D eigenvalue weighted by Gasteiger charge is -2.13. The summed E-state index contributed by atoms with van der Waals surface area (Å²) in [4.78, 5) is 20.3. The zero-order valence-corrected chi connectivity index (χ0v) is 16.0. The van der Waals surface area contributed by atoms with E-state index in [1.54, 1.807) is 31.2 Å². The molecule has 0 radical (unpaired) electrons. The maximum absolute atomic E-state index is 11.9. The number of carbonyl (C=O) groups excluding carboxylic acids is 1. The molecule has 0 saturated heterocycles. The molecule has 0 aliphatic carbocycles. The topological polar surface area (TPSA) is 102 Å². The average molecular weight is 398 g/mol. The average Bonchev–Trinajstić information content (AvgIpc) is 2.70. The largest absolute Gasteiger partial charge is 0.462 e. The fourth-order valence-corrected chi connectivity index (χ4v) is 2.73. The summed E-state index contributed by atoms with van der Waals surface area (Å²) in [5.41, 5.74) is 8.59. The Kier molecular flexibility index (Phi) is 6.29. The lowest BCUT2D eigenvalue weighted by molar-refractivity contribution is 0.0526. The number of aromatic nitrogens is 2. The van der Waals surface area contributed by atoms with Gasteiger partial charge in [0.05, 0.1) is 12.2 Å². The Morgan fingerprint density at radius 1 is 1.14 bits per heavy atom. The van der Waals surface area contributed by atoms with E-state index in [9.17, 15) is 4.79 Å². The highest BCUT2D eigenvalue weighted by Gasteiger charge is 2.11. The molecule has 0 fully saturated rings. The molecule has 0 spiro atoms. The summed E-state index contributed by atoms with van der Waals surface area (Å²) in [6, 6.07) is 14.5. The molecule has 28 heavy (non-hydrogen) atoms. The standard InChI is InChI=1S/C20H20ClN5O2/c1-2-28-20(27)13-7-5-8-15(10-13)26-19-17(22)18(24-12-25-19)23-11-14-6-3-4-9-16(14)21/h3-10,12H,2,11,22H2,1H3,(H2,23,24,25,26). The molecule has 0 saturated carbocycles. The Morgan fingerprint density at radius 2 is 1.93 bits per heavy atom. The normalized spacial score (nSPS) is 10.4. The number of hydrogen-bond donors (Lipinski definition) is 3. The third-order valence-corrected chi connectivity index (χ3v) is 4.29. The van der Waals surface area contributed by atoms with Crippen LogP contribution in [-0.4, -0.2) is 22.5 Å². The minimum absolute atomic E-state index is 0.315. The number of carbonyl (C=O) groups is 1. The lowest BCUT2D eigenvalue weighted by Crippen LogP contribution is -2.09. The molecule has 8 heteroatoms. The Hall–Kier alpha value is -3.32. The first-order chi connectivity index (χ1) is 13.6. The van der Waals surface area contributed by atoms with Crippen molar-refractivity contribution in [2.24, 2.45) is 0 Å². The molecule has 144 valence electrons. The van der Waals surface area contributed by atoms with Gasteiger partial charge >= 0.3 is 5.97 Å². The summed E-state index contributed by atoms with van der Waals surface area (Å²) in [6.45, 7) is 2.55. The molecule has 0 aliphatic rings. The zero-order chi connectivity index (χ0) is 19.9. The van der Waals surface area contributed by atoms with Crippen molar-refractivity contribution in [1.82, 2.24) is 9.97 Å². The minimum atomic E-state index is -0.385. The molecule has 4 N–H and O–H groups in total. The molecule has 0 atom stereocenters. The summed E-state index contributed by atoms with van der Waals surface area (Å²) >= 11 is 6.18. The molecule has 0 unspecified atom stereocenters. The van der Waals surface area contributed by atoms with Gasteiger partial charge in [0.25, 0.3) is 0 Å². The summed E-state index contributed by atoms with van der Waals surface area (Å²) in [5.74, 6) is 0.528. The van der Waals surface area contributed by atoms with Crippen molar-refractivity contribution in [3.63, 3.8) is 0 Å². The SMILES string of the molecule is CCOC(=O)c1cccc(Nc2ncnc(NCc3ccccc3Cl)c2N)c1. The molecule has 1 aromatic heterocycles. The van der Waals surface area contributed by atoms with E-state index in [1.165, 1.54) is 6.33 Å². The van der Waals surface area contributed by atoms with Crippen LogP contribution in [0, 0.1) is 0 Å². The van der Waals surface area contributed by atoms with Crippen LogP contribution in [0.25, 0.3) is 0 Å². The summed E-state index contributed by atoms with van der Waals surface area (Å²) in [5, 5.41) is 6.94. The van der Waals surface area contributed by atoms with E-state index in [1.807, 2.05) is 24.3 Å². The first kappa shape index (κ1) is 19.4. The van der Waals surface area contributed by atoms with Crippen LogP contribution in [0.4, 0.5) is 23.0 Å². The molecule has 1 heterocycles. The van der Waals surface area contributed by atoms with Gasteiger partial charge in [0.15, 0.2) is 11.6 Å². The predicted molar refractivity (Wildman–Crippen MR) is 111 cm³/mol. The highest BCUT2D eigenvalue weighted by molar-refractivity contribution is 6.31. The second-order valence-electron chi connectivity index (χ2n) is 5.86. The number of esters is 1. The maximum Gasteiger partial charge on any atom is 0.338 e. The van der Waals surface area contributed by atoms with Gasteiger partial charge in [-0.2, -0.15) is 0 Å². The maximum atomic E-state index is 11.9. The van der Waals surface area contributed by atoms with Crippen LogP contribution in [0.3, 0.4) is 0 Å². The van der Waals surface area contributed by atoms with Gasteiger partial charge < -0.3 is 21.1 Å². The van der Waals surface area contributed by atoms with E-state index in [-0.39, 0.29) is 5.97 Å². The number of nitrogen functional groups attached to an aromatic ring is 1. The van der Waals surface area contributed by atoms with Gasteiger partial charge in [-0.05, 0) is 36.8 Å². The van der Waals surface area contributed by atoms with Crippen LogP contribution in [0.5, 0.6) is 0 Å². The van der Waals surface area contributed by atoms with Crippen molar-refractivity contribution in [3.05, 3.63) is 71.0 Å². The molecular formula is C20H20ClN5O2. The number of halogens is 1. The third-order valence-electron chi connectivity index (χ3n) is 3.92. The first-order valence-electron chi connectivity index (χ1n) is 8.70. The van der Waals surface area contributed by atoms with E-state index in [0.717, 1.165) is 5.56 Å². The molecule has 3 rings (SSSR count). The smallest absolute Gasteiger partial charge is 0.338 e. The molecule has 2 aromatic carbocycles. The van der Waals surface area contributed by atoms with Crippen LogP contribution in [0.2, 0.25) is 5.02 Å². The second-order valence-corrected chi connectivity index (χ2v) is 6.26. The van der Waals surface area contributed by atoms with Crippen molar-refractivity contribution < 1.29 is 9.53 Å². The highest BCUT2D eigenvalue weighted by Crippen LogP contribution is 2.27. The van der Waals surface area contributed by atoms with Gasteiger partial charge in [-0.1, -0.05) is 35.9 Å². The van der Waals surface area contributed by atoms with Crippen molar-refractivity contribution in [2.45, 2.75) is 13.5 Å². The zero-order valence-electron chi connectivity index (χ0n) is 15.3. The Bertz CT molecular complexity index is 980. The number of anilines is 4. The van der Waals surface area contributed by atoms with Gasteiger partial charge in [0.1, 0.15) is 12.0 Å². The van der Waals surface area contributed by atoms with Crippen molar-refractivity contribution in [1.29, 1.82) is 0 Å². The fourth-order valence-electron chi connectivity index (χ4n) is 2.53. The first-order valence-corrected chi connectivity index (χ1v) is 9.08. The summed E-state index contributed by atoms with van der Waals surface area (Å²) in [7, 11) is 0. The van der Waals surface area contributed by atoms with Gasteiger partial charge in [-0.3, -0.25) is 0 Å². The van der Waals surface area contributed by atoms with E-state index in [4.69, 9.17) is 22.1 Å². The number of nitrogens with one attached hydrogen (secondary N) is 2. The number of rotatable bonds is 7. The van der Waals surface area contributed by atoms with E-state index < -0.39 is 0 Å². The van der Waals surface area contributed by atoms with Gasteiger partial charge in [0, 0.05) is 17.3 Å². The predicted octanol–water partition coefficient (Wildman–Crippen LogP) is 4.24. The minimum Gasteiger partial charge on any atom is -0.462 e. The molecule has 3 aromatic rings. The Morgan fingerprint density at radius 3 is 2.71 bits per heavy atom. The van der Waals surface area contributed by atoms with Crippen LogP contribution < -0.4 is 16.4 Å². The van der Waals surface area contributed by atoms with Crippen molar-refractivity contribution >= 4 is 40.6 Å². The van der Waals surface area contributed by atoms with E-state index >= 15 is 0 Å². The third kappa shape index (κ3) is 4.69. The number of hydrogen-bond acceptors (Lipinski definition) is 7. The van der Waals surface area contributed by atoms with Crippen molar-refractivity contribution in [3.8, 4) is 0 Å². The number of nitrogens with zero attached hydrogens (tertiary/aromatic N) is 2. The van der Waals surface area contributed by atoms with Crippen LogP contribution in [0.15, 0.2) is 54.9 Å². The van der Waals surface area contributed by atoms with Gasteiger partial charge in [-0.15, -0.1) is 0 Å². The molecule has 7 nitrogen and oxygen atoms in total. The Labute approximate surface area is 167 Å². The van der Waals surface area contributed by atoms with E-state index in [2.05, 4.69) is 20.6 Å². The monoisotopic (exact) mass is 397 g/mol. The van der Waals surface area contributed by atoms with Gasteiger partial charge in [0.2, 0.25) is 0 Å².